The molecule has 0 fully saturated rings. The quantitative estimate of drug-likeness (QED) is 0.562. The van der Waals surface area contributed by atoms with E-state index in [1.165, 1.54) is 0 Å². The van der Waals surface area contributed by atoms with Crippen LogP contribution in [-0.4, -0.2) is 30.4 Å². The molecule has 0 amide bonds. The van der Waals surface area contributed by atoms with Gasteiger partial charge in [0.05, 0.1) is 12.0 Å². The number of hydrazone groups is 1. The Morgan fingerprint density at radius 2 is 2.04 bits per heavy atom. The third-order valence-electron chi connectivity index (χ3n) is 3.28. The fourth-order valence-electron chi connectivity index (χ4n) is 1.93. The van der Waals surface area contributed by atoms with Gasteiger partial charge in [0.2, 0.25) is 5.95 Å². The Kier molecular flexibility index (Phi) is 3.96. The van der Waals surface area contributed by atoms with Gasteiger partial charge in [0.25, 0.3) is 5.56 Å². The van der Waals surface area contributed by atoms with Gasteiger partial charge in [-0.25, -0.2) is 10.4 Å². The molecule has 0 saturated heterocycles. The molecule has 0 spiro atoms. The lowest BCUT2D eigenvalue weighted by Gasteiger charge is -2.05. The molecule has 2 aromatic heterocycles. The molecular formula is C15H15N7O. The maximum Gasteiger partial charge on any atom is 0.274 e. The number of nitrogens with zero attached hydrogens (tertiary/aromatic N) is 5. The molecule has 2 N–H and O–H groups in total. The van der Waals surface area contributed by atoms with Gasteiger partial charge in [-0.3, -0.25) is 9.78 Å². The van der Waals surface area contributed by atoms with Crippen molar-refractivity contribution in [3.63, 3.8) is 0 Å². The predicted molar refractivity (Wildman–Crippen MR) is 86.8 cm³/mol. The second kappa shape index (κ2) is 6.22. The molecule has 3 aromatic rings. The van der Waals surface area contributed by atoms with E-state index in [2.05, 4.69) is 30.7 Å². The van der Waals surface area contributed by atoms with Crippen LogP contribution in [0.5, 0.6) is 0 Å². The van der Waals surface area contributed by atoms with Gasteiger partial charge in [0.1, 0.15) is 5.69 Å². The third-order valence-corrected chi connectivity index (χ3v) is 3.28. The molecule has 2 heterocycles. The van der Waals surface area contributed by atoms with Gasteiger partial charge in [0, 0.05) is 18.1 Å². The summed E-state index contributed by atoms with van der Waals surface area (Å²) < 4.78 is 1.92. The van der Waals surface area contributed by atoms with Crippen LogP contribution in [0, 0.1) is 6.92 Å². The largest absolute Gasteiger partial charge is 0.306 e. The highest BCUT2D eigenvalue weighted by atomic mass is 16.1. The first-order valence-corrected chi connectivity index (χ1v) is 6.96. The lowest BCUT2D eigenvalue weighted by atomic mass is 10.1. The zero-order chi connectivity index (χ0) is 16.2. The minimum Gasteiger partial charge on any atom is -0.306 e. The predicted octanol–water partition coefficient (Wildman–Crippen LogP) is 1.50. The van der Waals surface area contributed by atoms with Crippen LogP contribution in [0.15, 0.2) is 52.9 Å². The maximum atomic E-state index is 11.5. The Morgan fingerprint density at radius 3 is 2.70 bits per heavy atom. The van der Waals surface area contributed by atoms with Crippen molar-refractivity contribution in [3.05, 3.63) is 64.6 Å². The molecular weight excluding hydrogens is 294 g/mol. The zero-order valence-corrected chi connectivity index (χ0v) is 12.7. The number of nitrogens with one attached hydrogen (secondary N) is 2. The Balaban J connectivity index is 1.75. The molecule has 0 radical (unpaired) electrons. The normalized spacial score (nSPS) is 11.5. The highest BCUT2D eigenvalue weighted by Gasteiger charge is 2.01. The number of rotatable bonds is 4. The van der Waals surface area contributed by atoms with E-state index < -0.39 is 0 Å². The Labute approximate surface area is 131 Å². The van der Waals surface area contributed by atoms with E-state index in [1.54, 1.807) is 19.4 Å². The molecule has 0 saturated carbocycles. The molecule has 0 aliphatic rings. The Morgan fingerprint density at radius 1 is 1.26 bits per heavy atom. The van der Waals surface area contributed by atoms with E-state index in [0.29, 0.717) is 5.69 Å². The molecule has 116 valence electrons. The summed E-state index contributed by atoms with van der Waals surface area (Å²) in [6, 6.07) is 7.87. The van der Waals surface area contributed by atoms with Gasteiger partial charge in [-0.15, -0.1) is 10.2 Å². The van der Waals surface area contributed by atoms with Crippen LogP contribution in [-0.2, 0) is 0 Å². The van der Waals surface area contributed by atoms with Crippen molar-refractivity contribution in [2.45, 2.75) is 13.8 Å². The van der Waals surface area contributed by atoms with Crippen LogP contribution in [0.4, 0.5) is 5.95 Å². The van der Waals surface area contributed by atoms with E-state index in [4.69, 9.17) is 0 Å². The first-order chi connectivity index (χ1) is 11.1. The average molecular weight is 309 g/mol. The number of imidazole rings is 1. The van der Waals surface area contributed by atoms with Crippen molar-refractivity contribution >= 4 is 11.7 Å². The number of hydrogen-bond donors (Lipinski definition) is 2. The van der Waals surface area contributed by atoms with Crippen LogP contribution >= 0.6 is 0 Å². The second-order valence-corrected chi connectivity index (χ2v) is 4.91. The van der Waals surface area contributed by atoms with E-state index >= 15 is 0 Å². The van der Waals surface area contributed by atoms with Crippen molar-refractivity contribution in [2.24, 2.45) is 5.10 Å². The van der Waals surface area contributed by atoms with E-state index in [0.717, 1.165) is 17.0 Å². The molecule has 0 aliphatic carbocycles. The minimum atomic E-state index is -0.292. The summed E-state index contributed by atoms with van der Waals surface area (Å²) in [7, 11) is 0. The minimum absolute atomic E-state index is 0.204. The smallest absolute Gasteiger partial charge is 0.274 e. The fourth-order valence-corrected chi connectivity index (χ4v) is 1.93. The summed E-state index contributed by atoms with van der Waals surface area (Å²) in [4.78, 5) is 18.0. The van der Waals surface area contributed by atoms with Crippen molar-refractivity contribution < 1.29 is 0 Å². The van der Waals surface area contributed by atoms with E-state index in [-0.39, 0.29) is 11.5 Å². The molecule has 0 unspecified atom stereocenters. The van der Waals surface area contributed by atoms with Gasteiger partial charge in [0.15, 0.2) is 0 Å². The topological polar surface area (TPSA) is 101 Å². The van der Waals surface area contributed by atoms with Crippen molar-refractivity contribution in [2.75, 3.05) is 5.43 Å². The molecule has 8 heteroatoms. The summed E-state index contributed by atoms with van der Waals surface area (Å²) in [5.74, 6) is 0.204. The summed E-state index contributed by atoms with van der Waals surface area (Å²) in [6.45, 7) is 3.45. The lowest BCUT2D eigenvalue weighted by Crippen LogP contribution is -2.16. The van der Waals surface area contributed by atoms with Crippen molar-refractivity contribution in [3.8, 4) is 5.69 Å². The van der Waals surface area contributed by atoms with E-state index in [9.17, 15) is 4.79 Å². The first kappa shape index (κ1) is 14.6. The Bertz CT molecular complexity index is 879. The number of H-pyrrole nitrogens is 1. The fraction of sp³-hybridized carbons (Fsp3) is 0.133. The van der Waals surface area contributed by atoms with Gasteiger partial charge in [-0.05, 0) is 31.5 Å². The summed E-state index contributed by atoms with van der Waals surface area (Å²) in [5, 5.41) is 11.8. The number of aryl methyl sites for hydroxylation is 1. The second-order valence-electron chi connectivity index (χ2n) is 4.91. The van der Waals surface area contributed by atoms with Crippen LogP contribution in [0.1, 0.15) is 18.2 Å². The standard InChI is InChI=1S/C15H15N7O/c1-10(18-20-15-17-14(23)11(2)19-21-15)12-3-5-13(6-4-12)22-8-7-16-9-22/h3-9H,1-2H3,(H2,17,20,21,23)/b18-10-. The summed E-state index contributed by atoms with van der Waals surface area (Å²) in [6.07, 6.45) is 5.35. The SMILES string of the molecule is C/C(=N/Nc1nnc(C)c(=O)[nH]1)c1ccc(-n2ccnc2)cc1. The monoisotopic (exact) mass is 309 g/mol. The van der Waals surface area contributed by atoms with Crippen molar-refractivity contribution in [1.82, 2.24) is 24.7 Å². The summed E-state index contributed by atoms with van der Waals surface area (Å²) in [5.41, 5.74) is 5.43. The highest BCUT2D eigenvalue weighted by molar-refractivity contribution is 5.99. The average Bonchev–Trinajstić information content (AvgIpc) is 3.10. The van der Waals surface area contributed by atoms with Crippen LogP contribution in [0.25, 0.3) is 5.69 Å². The van der Waals surface area contributed by atoms with Crippen LogP contribution in [0.3, 0.4) is 0 Å². The zero-order valence-electron chi connectivity index (χ0n) is 12.7. The highest BCUT2D eigenvalue weighted by Crippen LogP contribution is 2.10. The molecule has 3 rings (SSSR count). The Hall–Kier alpha value is -3.29. The number of aromatic amines is 1. The van der Waals surface area contributed by atoms with Gasteiger partial charge >= 0.3 is 0 Å². The number of anilines is 1. The van der Waals surface area contributed by atoms with Gasteiger partial charge in [-0.2, -0.15) is 5.10 Å². The van der Waals surface area contributed by atoms with Crippen LogP contribution < -0.4 is 11.0 Å². The molecule has 0 atom stereocenters. The summed E-state index contributed by atoms with van der Waals surface area (Å²) >= 11 is 0. The number of benzene rings is 1. The molecule has 1 aromatic carbocycles. The molecule has 0 aliphatic heterocycles. The number of hydrogen-bond acceptors (Lipinski definition) is 6. The van der Waals surface area contributed by atoms with E-state index in [1.807, 2.05) is 42.0 Å². The first-order valence-electron chi connectivity index (χ1n) is 6.96. The number of aromatic nitrogens is 5. The molecule has 23 heavy (non-hydrogen) atoms. The van der Waals surface area contributed by atoms with Crippen molar-refractivity contribution in [1.29, 1.82) is 0 Å². The van der Waals surface area contributed by atoms with Crippen LogP contribution in [0.2, 0.25) is 0 Å². The molecule has 0 bridgehead atoms. The van der Waals surface area contributed by atoms with Gasteiger partial charge < -0.3 is 4.57 Å². The maximum absolute atomic E-state index is 11.5. The lowest BCUT2D eigenvalue weighted by molar-refractivity contribution is 0.897. The molecule has 8 nitrogen and oxygen atoms in total. The third kappa shape index (κ3) is 3.31. The van der Waals surface area contributed by atoms with Gasteiger partial charge in [-0.1, -0.05) is 12.1 Å².